The molecule has 0 radical (unpaired) electrons. The summed E-state index contributed by atoms with van der Waals surface area (Å²) in [7, 11) is 4.29. The Morgan fingerprint density at radius 3 is 1.95 bits per heavy atom. The van der Waals surface area contributed by atoms with Gasteiger partial charge in [-0.15, -0.1) is 0 Å². The maximum atomic E-state index is 14.0. The number of carbonyl (C=O) groups excluding carboxylic acids is 1. The zero-order valence-corrected chi connectivity index (χ0v) is 21.3. The molecule has 0 aromatic heterocycles. The summed E-state index contributed by atoms with van der Waals surface area (Å²) >= 11 is 0. The van der Waals surface area contributed by atoms with Crippen LogP contribution in [-0.4, -0.2) is 32.2 Å². The fraction of sp³-hybridized carbons (Fsp3) is 0.138. The van der Waals surface area contributed by atoms with Gasteiger partial charge in [-0.25, -0.2) is 9.18 Å². The fourth-order valence-electron chi connectivity index (χ4n) is 3.99. The highest BCUT2D eigenvalue weighted by Crippen LogP contribution is 2.41. The summed E-state index contributed by atoms with van der Waals surface area (Å²) in [6, 6.07) is 21.7. The van der Waals surface area contributed by atoms with Gasteiger partial charge in [0.2, 0.25) is 5.75 Å². The van der Waals surface area contributed by atoms with Gasteiger partial charge in [0.05, 0.1) is 32.3 Å². The Bertz CT molecular complexity index is 1430. The van der Waals surface area contributed by atoms with Crippen molar-refractivity contribution in [1.29, 1.82) is 0 Å². The summed E-state index contributed by atoms with van der Waals surface area (Å²) in [5, 5.41) is 15.5. The average molecular weight is 533 g/mol. The van der Waals surface area contributed by atoms with E-state index in [1.165, 1.54) is 25.3 Å². The highest BCUT2D eigenvalue weighted by Gasteiger charge is 2.26. The van der Waals surface area contributed by atoms with E-state index in [9.17, 15) is 19.3 Å². The van der Waals surface area contributed by atoms with Crippen LogP contribution < -0.4 is 19.5 Å². The molecule has 0 fully saturated rings. The Morgan fingerprint density at radius 2 is 1.44 bits per heavy atom. The molecule has 0 bridgehead atoms. The van der Waals surface area contributed by atoms with Crippen molar-refractivity contribution in [3.8, 4) is 23.0 Å². The molecular formula is C29H25FN2O7. The number of esters is 1. The van der Waals surface area contributed by atoms with Crippen molar-refractivity contribution in [2.24, 2.45) is 0 Å². The number of rotatable bonds is 10. The number of nitrogens with one attached hydrogen (secondary N) is 1. The number of methoxy groups -OCH3 is 3. The highest BCUT2D eigenvalue weighted by molar-refractivity contribution is 5.92. The molecule has 0 unspecified atom stereocenters. The first-order valence-corrected chi connectivity index (χ1v) is 11.7. The van der Waals surface area contributed by atoms with Crippen molar-refractivity contribution in [2.45, 2.75) is 6.04 Å². The number of nitro groups is 1. The standard InChI is InChI=1S/C29H25FN2O7/c1-36-21-12-7-18(8-13-21)27(19-9-14-22(37-2)15-10-19)31-24-5-4-6-25(28(24)32(34)35)39-26-17-20(30)11-16-23(26)29(33)38-3/h4-17,27,31H,1-3H3. The Balaban J connectivity index is 1.78. The summed E-state index contributed by atoms with van der Waals surface area (Å²) in [4.78, 5) is 23.9. The van der Waals surface area contributed by atoms with E-state index in [2.05, 4.69) is 5.32 Å². The van der Waals surface area contributed by atoms with Crippen LogP contribution in [0.1, 0.15) is 27.5 Å². The Labute approximate surface area is 223 Å². The molecular weight excluding hydrogens is 507 g/mol. The Hall–Kier alpha value is -5.12. The molecule has 9 nitrogen and oxygen atoms in total. The van der Waals surface area contributed by atoms with Crippen LogP contribution in [-0.2, 0) is 4.74 Å². The first-order chi connectivity index (χ1) is 18.8. The van der Waals surface area contributed by atoms with Crippen molar-refractivity contribution >= 4 is 17.3 Å². The third kappa shape index (κ3) is 6.07. The van der Waals surface area contributed by atoms with Crippen molar-refractivity contribution in [3.05, 3.63) is 118 Å². The summed E-state index contributed by atoms with van der Waals surface area (Å²) in [6.07, 6.45) is 0. The number of ether oxygens (including phenoxy) is 4. The molecule has 10 heteroatoms. The Kier molecular flexibility index (Phi) is 8.25. The van der Waals surface area contributed by atoms with Crippen LogP contribution in [0, 0.1) is 15.9 Å². The van der Waals surface area contributed by atoms with Crippen LogP contribution in [0.3, 0.4) is 0 Å². The number of anilines is 1. The second-order valence-corrected chi connectivity index (χ2v) is 8.27. The highest BCUT2D eigenvalue weighted by atomic mass is 19.1. The van der Waals surface area contributed by atoms with Gasteiger partial charge in [0.15, 0.2) is 0 Å². The minimum absolute atomic E-state index is 0.0825. The van der Waals surface area contributed by atoms with E-state index in [1.54, 1.807) is 44.6 Å². The van der Waals surface area contributed by atoms with Crippen LogP contribution >= 0.6 is 0 Å². The summed E-state index contributed by atoms with van der Waals surface area (Å²) in [6.45, 7) is 0. The summed E-state index contributed by atoms with van der Waals surface area (Å²) < 4.78 is 35.0. The fourth-order valence-corrected chi connectivity index (χ4v) is 3.99. The van der Waals surface area contributed by atoms with E-state index >= 15 is 0 Å². The molecule has 0 aliphatic carbocycles. The molecule has 0 amide bonds. The topological polar surface area (TPSA) is 109 Å². The molecule has 0 saturated heterocycles. The molecule has 0 aliphatic heterocycles. The lowest BCUT2D eigenvalue weighted by atomic mass is 9.98. The van der Waals surface area contributed by atoms with Gasteiger partial charge < -0.3 is 24.3 Å². The van der Waals surface area contributed by atoms with Gasteiger partial charge >= 0.3 is 11.7 Å². The molecule has 1 N–H and O–H groups in total. The predicted octanol–water partition coefficient (Wildman–Crippen LogP) is 6.53. The third-order valence-corrected chi connectivity index (χ3v) is 5.95. The van der Waals surface area contributed by atoms with Crippen molar-refractivity contribution < 1.29 is 33.1 Å². The first kappa shape index (κ1) is 26.9. The molecule has 4 aromatic rings. The number of hydrogen-bond donors (Lipinski definition) is 1. The van der Waals surface area contributed by atoms with Crippen LogP contribution in [0.5, 0.6) is 23.0 Å². The van der Waals surface area contributed by atoms with E-state index < -0.39 is 28.4 Å². The first-order valence-electron chi connectivity index (χ1n) is 11.7. The lowest BCUT2D eigenvalue weighted by Gasteiger charge is -2.22. The molecule has 39 heavy (non-hydrogen) atoms. The van der Waals surface area contributed by atoms with Gasteiger partial charge in [-0.2, -0.15) is 0 Å². The van der Waals surface area contributed by atoms with Crippen LogP contribution in [0.15, 0.2) is 84.9 Å². The molecule has 0 aliphatic rings. The van der Waals surface area contributed by atoms with Gasteiger partial charge in [-0.3, -0.25) is 10.1 Å². The summed E-state index contributed by atoms with van der Waals surface area (Å²) in [5.41, 5.74) is 1.27. The SMILES string of the molecule is COC(=O)c1ccc(F)cc1Oc1cccc(NC(c2ccc(OC)cc2)c2ccc(OC)cc2)c1[N+](=O)[O-]. The smallest absolute Gasteiger partial charge is 0.341 e. The Morgan fingerprint density at radius 1 is 0.846 bits per heavy atom. The van der Waals surface area contributed by atoms with E-state index in [4.69, 9.17) is 18.9 Å². The van der Waals surface area contributed by atoms with Gasteiger partial charge in [-0.05, 0) is 59.7 Å². The lowest BCUT2D eigenvalue weighted by Crippen LogP contribution is -2.14. The van der Waals surface area contributed by atoms with Crippen LogP contribution in [0.4, 0.5) is 15.8 Å². The van der Waals surface area contributed by atoms with E-state index in [-0.39, 0.29) is 22.7 Å². The number of nitro benzene ring substituents is 1. The van der Waals surface area contributed by atoms with Gasteiger partial charge in [0.1, 0.15) is 34.3 Å². The van der Waals surface area contributed by atoms with E-state index in [1.807, 2.05) is 24.3 Å². The van der Waals surface area contributed by atoms with Gasteiger partial charge in [0, 0.05) is 6.07 Å². The molecule has 0 spiro atoms. The number of hydrogen-bond acceptors (Lipinski definition) is 8. The van der Waals surface area contributed by atoms with Crippen molar-refractivity contribution in [3.63, 3.8) is 0 Å². The largest absolute Gasteiger partial charge is 0.497 e. The molecule has 0 atom stereocenters. The van der Waals surface area contributed by atoms with E-state index in [0.717, 1.165) is 23.3 Å². The molecule has 0 heterocycles. The monoisotopic (exact) mass is 532 g/mol. The quantitative estimate of drug-likeness (QED) is 0.139. The van der Waals surface area contributed by atoms with Crippen molar-refractivity contribution in [1.82, 2.24) is 0 Å². The minimum atomic E-state index is -0.777. The van der Waals surface area contributed by atoms with Crippen molar-refractivity contribution in [2.75, 3.05) is 26.6 Å². The number of para-hydroxylation sites is 1. The number of nitrogens with zero attached hydrogens (tertiary/aromatic N) is 1. The second kappa shape index (κ2) is 12.0. The minimum Gasteiger partial charge on any atom is -0.497 e. The predicted molar refractivity (Wildman–Crippen MR) is 142 cm³/mol. The average Bonchev–Trinajstić information content (AvgIpc) is 2.95. The van der Waals surface area contributed by atoms with E-state index in [0.29, 0.717) is 11.5 Å². The molecule has 200 valence electrons. The summed E-state index contributed by atoms with van der Waals surface area (Å²) in [5.74, 6) is -0.558. The lowest BCUT2D eigenvalue weighted by molar-refractivity contribution is -0.384. The van der Waals surface area contributed by atoms with Crippen LogP contribution in [0.25, 0.3) is 0 Å². The zero-order valence-electron chi connectivity index (χ0n) is 21.3. The zero-order chi connectivity index (χ0) is 27.9. The normalized spacial score (nSPS) is 10.6. The number of halogens is 1. The second-order valence-electron chi connectivity index (χ2n) is 8.27. The van der Waals surface area contributed by atoms with Gasteiger partial charge in [0.25, 0.3) is 0 Å². The number of carbonyl (C=O) groups is 1. The van der Waals surface area contributed by atoms with Crippen LogP contribution in [0.2, 0.25) is 0 Å². The third-order valence-electron chi connectivity index (χ3n) is 5.95. The molecule has 4 aromatic carbocycles. The van der Waals surface area contributed by atoms with Gasteiger partial charge in [-0.1, -0.05) is 30.3 Å². The number of benzene rings is 4. The molecule has 0 saturated carbocycles. The molecule has 4 rings (SSSR count). The maximum absolute atomic E-state index is 14.0. The maximum Gasteiger partial charge on any atom is 0.341 e.